The zero-order chi connectivity index (χ0) is 17.9. The molecule has 24 heavy (non-hydrogen) atoms. The molecule has 0 spiro atoms. The van der Waals surface area contributed by atoms with Crippen molar-refractivity contribution < 1.29 is 23.9 Å². The van der Waals surface area contributed by atoms with Gasteiger partial charge in [0.2, 0.25) is 5.91 Å². The topological polar surface area (TPSA) is 92.8 Å². The number of nitrogens with zero attached hydrogens (tertiary/aromatic N) is 1. The van der Waals surface area contributed by atoms with E-state index in [0.717, 1.165) is 22.2 Å². The number of methoxy groups -OCH3 is 1. The fraction of sp³-hybridized carbons (Fsp3) is 0.250. The monoisotopic (exact) mass is 348 g/mol. The standard InChI is InChI=1S/C16H16N2O5S/c1-9(2)13-14(20)18(16(22)24-13)8-12(19)17-11-7-5-4-6-10(11)15(21)23-3/h4-7H,8H2,1-3H3,(H,17,19). The van der Waals surface area contributed by atoms with Crippen LogP contribution in [0.2, 0.25) is 0 Å². The predicted octanol–water partition coefficient (Wildman–Crippen LogP) is 2.40. The summed E-state index contributed by atoms with van der Waals surface area (Å²) in [5, 5.41) is 2.03. The Bertz CT molecular complexity index is 753. The van der Waals surface area contributed by atoms with Crippen LogP contribution in [0.3, 0.4) is 0 Å². The summed E-state index contributed by atoms with van der Waals surface area (Å²) in [5.41, 5.74) is 1.16. The highest BCUT2D eigenvalue weighted by atomic mass is 32.2. The lowest BCUT2D eigenvalue weighted by molar-refractivity contribution is -0.127. The number of nitrogens with one attached hydrogen (secondary N) is 1. The van der Waals surface area contributed by atoms with Gasteiger partial charge in [0, 0.05) is 0 Å². The Morgan fingerprint density at radius 2 is 1.88 bits per heavy atom. The number of anilines is 1. The lowest BCUT2D eigenvalue weighted by Gasteiger charge is -2.14. The maximum absolute atomic E-state index is 12.2. The first-order chi connectivity index (χ1) is 11.3. The van der Waals surface area contributed by atoms with Gasteiger partial charge in [0.25, 0.3) is 11.1 Å². The molecule has 2 rings (SSSR count). The van der Waals surface area contributed by atoms with Crippen molar-refractivity contribution in [3.63, 3.8) is 0 Å². The van der Waals surface area contributed by atoms with Crippen LogP contribution in [0.25, 0.3) is 0 Å². The molecule has 7 nitrogen and oxygen atoms in total. The number of ether oxygens (including phenoxy) is 1. The number of esters is 1. The van der Waals surface area contributed by atoms with E-state index in [4.69, 9.17) is 0 Å². The van der Waals surface area contributed by atoms with Crippen molar-refractivity contribution in [3.05, 3.63) is 40.3 Å². The van der Waals surface area contributed by atoms with Crippen LogP contribution in [0.1, 0.15) is 24.2 Å². The van der Waals surface area contributed by atoms with Crippen LogP contribution in [-0.2, 0) is 14.3 Å². The maximum Gasteiger partial charge on any atom is 0.339 e. The molecule has 0 bridgehead atoms. The second-order valence-corrected chi connectivity index (χ2v) is 6.14. The third-order valence-electron chi connectivity index (χ3n) is 3.21. The second-order valence-electron chi connectivity index (χ2n) is 5.17. The second kappa shape index (κ2) is 7.31. The molecule has 1 N–H and O–H groups in total. The number of carbonyl (C=O) groups excluding carboxylic acids is 4. The normalized spacial score (nSPS) is 14.0. The van der Waals surface area contributed by atoms with Gasteiger partial charge in [-0.3, -0.25) is 19.3 Å². The Morgan fingerprint density at radius 3 is 2.46 bits per heavy atom. The van der Waals surface area contributed by atoms with E-state index in [2.05, 4.69) is 10.1 Å². The molecule has 0 radical (unpaired) electrons. The molecule has 0 atom stereocenters. The summed E-state index contributed by atoms with van der Waals surface area (Å²) >= 11 is 0.813. The van der Waals surface area contributed by atoms with E-state index in [1.54, 1.807) is 26.0 Å². The van der Waals surface area contributed by atoms with Gasteiger partial charge in [0.15, 0.2) is 0 Å². The van der Waals surface area contributed by atoms with Crippen molar-refractivity contribution in [2.45, 2.75) is 13.8 Å². The number of amides is 3. The Labute approximate surface area is 143 Å². The van der Waals surface area contributed by atoms with E-state index in [0.29, 0.717) is 4.91 Å². The number of imide groups is 1. The first kappa shape index (κ1) is 17.7. The van der Waals surface area contributed by atoms with Crippen LogP contribution in [-0.4, -0.2) is 41.6 Å². The van der Waals surface area contributed by atoms with E-state index in [9.17, 15) is 19.2 Å². The van der Waals surface area contributed by atoms with E-state index in [1.807, 2.05) is 0 Å². The van der Waals surface area contributed by atoms with E-state index >= 15 is 0 Å². The fourth-order valence-corrected chi connectivity index (χ4v) is 2.89. The molecule has 8 heteroatoms. The number of benzene rings is 1. The van der Waals surface area contributed by atoms with E-state index in [-0.39, 0.29) is 11.3 Å². The molecule has 1 aliphatic heterocycles. The zero-order valence-electron chi connectivity index (χ0n) is 13.4. The Morgan fingerprint density at radius 1 is 1.21 bits per heavy atom. The smallest absolute Gasteiger partial charge is 0.339 e. The average Bonchev–Trinajstić information content (AvgIpc) is 2.83. The summed E-state index contributed by atoms with van der Waals surface area (Å²) in [5.74, 6) is -1.66. The highest BCUT2D eigenvalue weighted by Crippen LogP contribution is 2.32. The summed E-state index contributed by atoms with van der Waals surface area (Å²) in [7, 11) is 1.24. The summed E-state index contributed by atoms with van der Waals surface area (Å²) in [4.78, 5) is 49.1. The van der Waals surface area contributed by atoms with Crippen molar-refractivity contribution in [2.75, 3.05) is 19.0 Å². The van der Waals surface area contributed by atoms with Crippen LogP contribution in [0.4, 0.5) is 10.5 Å². The fourth-order valence-electron chi connectivity index (χ4n) is 2.06. The number of allylic oxidation sites excluding steroid dienone is 1. The van der Waals surface area contributed by atoms with Gasteiger partial charge >= 0.3 is 5.97 Å². The average molecular weight is 348 g/mol. The molecule has 3 amide bonds. The number of thioether (sulfide) groups is 1. The summed E-state index contributed by atoms with van der Waals surface area (Å²) in [6.45, 7) is 3.03. The van der Waals surface area contributed by atoms with Gasteiger partial charge in [-0.15, -0.1) is 0 Å². The lowest BCUT2D eigenvalue weighted by Crippen LogP contribution is -2.36. The lowest BCUT2D eigenvalue weighted by atomic mass is 10.2. The van der Waals surface area contributed by atoms with E-state index in [1.165, 1.54) is 19.2 Å². The number of rotatable bonds is 4. The van der Waals surface area contributed by atoms with Gasteiger partial charge in [-0.05, 0) is 37.7 Å². The van der Waals surface area contributed by atoms with Gasteiger partial charge < -0.3 is 10.1 Å². The van der Waals surface area contributed by atoms with Crippen molar-refractivity contribution in [1.29, 1.82) is 0 Å². The molecule has 1 fully saturated rings. The van der Waals surface area contributed by atoms with Crippen molar-refractivity contribution in [1.82, 2.24) is 4.90 Å². The van der Waals surface area contributed by atoms with Crippen LogP contribution < -0.4 is 5.32 Å². The predicted molar refractivity (Wildman–Crippen MR) is 89.5 cm³/mol. The molecule has 1 saturated heterocycles. The molecular weight excluding hydrogens is 332 g/mol. The number of para-hydroxylation sites is 1. The maximum atomic E-state index is 12.2. The SMILES string of the molecule is COC(=O)c1ccccc1NC(=O)CN1C(=O)SC(=C(C)C)C1=O. The molecule has 126 valence electrons. The minimum absolute atomic E-state index is 0.187. The van der Waals surface area contributed by atoms with Crippen LogP contribution in [0.5, 0.6) is 0 Å². The van der Waals surface area contributed by atoms with Crippen molar-refractivity contribution in [3.8, 4) is 0 Å². The van der Waals surface area contributed by atoms with Crippen LogP contribution >= 0.6 is 11.8 Å². The molecule has 1 aromatic carbocycles. The highest BCUT2D eigenvalue weighted by molar-refractivity contribution is 8.18. The first-order valence-electron chi connectivity index (χ1n) is 7.03. The Hall–Kier alpha value is -2.61. The molecule has 1 aliphatic rings. The first-order valence-corrected chi connectivity index (χ1v) is 7.85. The van der Waals surface area contributed by atoms with Gasteiger partial charge in [0.05, 0.1) is 23.3 Å². The van der Waals surface area contributed by atoms with Crippen LogP contribution in [0, 0.1) is 0 Å². The van der Waals surface area contributed by atoms with Crippen molar-refractivity contribution >= 4 is 40.5 Å². The highest BCUT2D eigenvalue weighted by Gasteiger charge is 2.36. The molecule has 0 saturated carbocycles. The molecule has 1 heterocycles. The molecule has 0 unspecified atom stereocenters. The molecular formula is C16H16N2O5S. The van der Waals surface area contributed by atoms with Crippen LogP contribution in [0.15, 0.2) is 34.7 Å². The number of carbonyl (C=O) groups is 4. The minimum Gasteiger partial charge on any atom is -0.465 e. The third kappa shape index (κ3) is 3.65. The Balaban J connectivity index is 2.13. The third-order valence-corrected chi connectivity index (χ3v) is 4.39. The molecule has 0 aliphatic carbocycles. The summed E-state index contributed by atoms with van der Waals surface area (Å²) < 4.78 is 4.65. The quantitative estimate of drug-likeness (QED) is 0.663. The summed E-state index contributed by atoms with van der Waals surface area (Å²) in [6.07, 6.45) is 0. The minimum atomic E-state index is -0.596. The largest absolute Gasteiger partial charge is 0.465 e. The van der Waals surface area contributed by atoms with Gasteiger partial charge in [-0.1, -0.05) is 17.7 Å². The molecule has 1 aromatic rings. The van der Waals surface area contributed by atoms with E-state index < -0.39 is 29.6 Å². The molecule has 0 aromatic heterocycles. The van der Waals surface area contributed by atoms with Gasteiger partial charge in [-0.2, -0.15) is 0 Å². The summed E-state index contributed by atoms with van der Waals surface area (Å²) in [6, 6.07) is 6.32. The number of hydrogen-bond acceptors (Lipinski definition) is 6. The van der Waals surface area contributed by atoms with Crippen molar-refractivity contribution in [2.24, 2.45) is 0 Å². The van der Waals surface area contributed by atoms with Gasteiger partial charge in [0.1, 0.15) is 6.54 Å². The number of hydrogen-bond donors (Lipinski definition) is 1. The Kier molecular flexibility index (Phi) is 5.40. The zero-order valence-corrected chi connectivity index (χ0v) is 14.2. The van der Waals surface area contributed by atoms with Gasteiger partial charge in [-0.25, -0.2) is 4.79 Å².